The molecule has 1 atom stereocenters. The third-order valence-corrected chi connectivity index (χ3v) is 2.77. The number of nitrogens with one attached hydrogen (secondary N) is 1. The summed E-state index contributed by atoms with van der Waals surface area (Å²) in [6.45, 7) is 0.328. The summed E-state index contributed by atoms with van der Waals surface area (Å²) in [6.07, 6.45) is 0.169. The quantitative estimate of drug-likeness (QED) is 0.753. The molecule has 0 aliphatic carbocycles. The standard InChI is InChI=1S/C11H11F2NO2/c12-8-2-1-7(5-9(8)13)11(16)3-4-14-10(15)6-11/h1-2,5,16H,3-4,6H2,(H,14,15). The topological polar surface area (TPSA) is 49.3 Å². The lowest BCUT2D eigenvalue weighted by atomic mass is 9.85. The second kappa shape index (κ2) is 3.83. The Morgan fingerprint density at radius 3 is 2.69 bits per heavy atom. The highest BCUT2D eigenvalue weighted by molar-refractivity contribution is 5.78. The molecule has 1 aliphatic rings. The minimum atomic E-state index is -1.39. The van der Waals surface area contributed by atoms with Crippen molar-refractivity contribution in [1.29, 1.82) is 0 Å². The van der Waals surface area contributed by atoms with Crippen molar-refractivity contribution < 1.29 is 18.7 Å². The fourth-order valence-electron chi connectivity index (χ4n) is 1.86. The molecule has 86 valence electrons. The van der Waals surface area contributed by atoms with Crippen LogP contribution in [0.5, 0.6) is 0 Å². The number of piperidine rings is 1. The lowest BCUT2D eigenvalue weighted by Crippen LogP contribution is -2.43. The van der Waals surface area contributed by atoms with Crippen molar-refractivity contribution in [2.45, 2.75) is 18.4 Å². The first-order chi connectivity index (χ1) is 7.51. The fourth-order valence-corrected chi connectivity index (χ4v) is 1.86. The number of hydrogen-bond donors (Lipinski definition) is 2. The molecule has 5 heteroatoms. The number of carbonyl (C=O) groups excluding carboxylic acids is 1. The molecule has 0 spiro atoms. The zero-order valence-corrected chi connectivity index (χ0v) is 8.46. The summed E-state index contributed by atoms with van der Waals surface area (Å²) in [4.78, 5) is 11.2. The average Bonchev–Trinajstić information content (AvgIpc) is 2.21. The molecular weight excluding hydrogens is 216 g/mol. The van der Waals surface area contributed by atoms with Crippen LogP contribution in [0.15, 0.2) is 18.2 Å². The van der Waals surface area contributed by atoms with E-state index in [1.807, 2.05) is 0 Å². The molecule has 1 saturated heterocycles. The number of amides is 1. The summed E-state index contributed by atoms with van der Waals surface area (Å²) in [7, 11) is 0. The van der Waals surface area contributed by atoms with E-state index in [4.69, 9.17) is 0 Å². The van der Waals surface area contributed by atoms with Crippen LogP contribution >= 0.6 is 0 Å². The fraction of sp³-hybridized carbons (Fsp3) is 0.364. The van der Waals surface area contributed by atoms with E-state index in [1.54, 1.807) is 0 Å². The van der Waals surface area contributed by atoms with Crippen LogP contribution in [0.3, 0.4) is 0 Å². The Bertz CT molecular complexity index is 436. The van der Waals surface area contributed by atoms with E-state index in [-0.39, 0.29) is 17.9 Å². The molecule has 0 bridgehead atoms. The maximum absolute atomic E-state index is 13.0. The monoisotopic (exact) mass is 227 g/mol. The first-order valence-electron chi connectivity index (χ1n) is 4.96. The molecule has 1 unspecified atom stereocenters. The molecule has 1 aliphatic heterocycles. The van der Waals surface area contributed by atoms with Gasteiger partial charge in [0.25, 0.3) is 0 Å². The lowest BCUT2D eigenvalue weighted by molar-refractivity contribution is -0.130. The number of rotatable bonds is 1. The van der Waals surface area contributed by atoms with Gasteiger partial charge in [0.15, 0.2) is 11.6 Å². The summed E-state index contributed by atoms with van der Waals surface area (Å²) < 4.78 is 25.7. The van der Waals surface area contributed by atoms with E-state index in [0.717, 1.165) is 12.1 Å². The minimum absolute atomic E-state index is 0.127. The van der Waals surface area contributed by atoms with E-state index < -0.39 is 17.2 Å². The highest BCUT2D eigenvalue weighted by Crippen LogP contribution is 2.31. The van der Waals surface area contributed by atoms with E-state index in [0.29, 0.717) is 13.0 Å². The van der Waals surface area contributed by atoms with Gasteiger partial charge in [0.05, 0.1) is 6.42 Å². The molecule has 1 amide bonds. The number of halogens is 2. The summed E-state index contributed by atoms with van der Waals surface area (Å²) in [5.41, 5.74) is -1.15. The second-order valence-electron chi connectivity index (χ2n) is 3.94. The maximum Gasteiger partial charge on any atom is 0.223 e. The van der Waals surface area contributed by atoms with Crippen molar-refractivity contribution in [3.05, 3.63) is 35.4 Å². The molecule has 0 radical (unpaired) electrons. The van der Waals surface area contributed by atoms with Crippen LogP contribution in [0.4, 0.5) is 8.78 Å². The third-order valence-electron chi connectivity index (χ3n) is 2.77. The van der Waals surface area contributed by atoms with Gasteiger partial charge >= 0.3 is 0 Å². The summed E-state index contributed by atoms with van der Waals surface area (Å²) in [5, 5.41) is 12.7. The maximum atomic E-state index is 13.0. The van der Waals surface area contributed by atoms with Crippen LogP contribution in [0.25, 0.3) is 0 Å². The van der Waals surface area contributed by atoms with Gasteiger partial charge in [-0.05, 0) is 24.1 Å². The Morgan fingerprint density at radius 1 is 1.31 bits per heavy atom. The Kier molecular flexibility index (Phi) is 2.63. The number of hydrogen-bond acceptors (Lipinski definition) is 2. The van der Waals surface area contributed by atoms with Gasteiger partial charge in [-0.1, -0.05) is 6.07 Å². The van der Waals surface area contributed by atoms with Crippen molar-refractivity contribution in [3.63, 3.8) is 0 Å². The average molecular weight is 227 g/mol. The highest BCUT2D eigenvalue weighted by Gasteiger charge is 2.35. The van der Waals surface area contributed by atoms with Gasteiger partial charge in [-0.15, -0.1) is 0 Å². The molecule has 2 rings (SSSR count). The van der Waals surface area contributed by atoms with Crippen LogP contribution in [0, 0.1) is 11.6 Å². The van der Waals surface area contributed by atoms with Crippen molar-refractivity contribution in [2.75, 3.05) is 6.54 Å². The smallest absolute Gasteiger partial charge is 0.223 e. The van der Waals surface area contributed by atoms with Gasteiger partial charge in [-0.3, -0.25) is 4.79 Å². The molecule has 1 heterocycles. The SMILES string of the molecule is O=C1CC(O)(c2ccc(F)c(F)c2)CCN1. The van der Waals surface area contributed by atoms with E-state index in [1.165, 1.54) is 6.07 Å². The molecule has 0 saturated carbocycles. The minimum Gasteiger partial charge on any atom is -0.385 e. The Morgan fingerprint density at radius 2 is 2.06 bits per heavy atom. The zero-order chi connectivity index (χ0) is 11.8. The largest absolute Gasteiger partial charge is 0.385 e. The molecule has 0 aromatic heterocycles. The van der Waals surface area contributed by atoms with Gasteiger partial charge in [-0.25, -0.2) is 8.78 Å². The van der Waals surface area contributed by atoms with Gasteiger partial charge in [0, 0.05) is 6.54 Å². The van der Waals surface area contributed by atoms with Crippen molar-refractivity contribution >= 4 is 5.91 Å². The normalized spacial score (nSPS) is 25.3. The molecule has 3 nitrogen and oxygen atoms in total. The van der Waals surface area contributed by atoms with Crippen LogP contribution in [0.2, 0.25) is 0 Å². The Balaban J connectivity index is 2.34. The molecule has 16 heavy (non-hydrogen) atoms. The van der Waals surface area contributed by atoms with E-state index in [9.17, 15) is 18.7 Å². The molecule has 1 aromatic carbocycles. The van der Waals surface area contributed by atoms with Gasteiger partial charge in [0.2, 0.25) is 5.91 Å². The van der Waals surface area contributed by atoms with Gasteiger partial charge < -0.3 is 10.4 Å². The highest BCUT2D eigenvalue weighted by atomic mass is 19.2. The van der Waals surface area contributed by atoms with Crippen molar-refractivity contribution in [2.24, 2.45) is 0 Å². The molecule has 2 N–H and O–H groups in total. The van der Waals surface area contributed by atoms with Crippen LogP contribution in [-0.2, 0) is 10.4 Å². The predicted octanol–water partition coefficient (Wildman–Crippen LogP) is 1.06. The predicted molar refractivity (Wildman–Crippen MR) is 52.5 cm³/mol. The van der Waals surface area contributed by atoms with Gasteiger partial charge in [-0.2, -0.15) is 0 Å². The Labute approximate surface area is 91.1 Å². The molecular formula is C11H11F2NO2. The molecule has 1 fully saturated rings. The lowest BCUT2D eigenvalue weighted by Gasteiger charge is -2.32. The number of carbonyl (C=O) groups is 1. The Hall–Kier alpha value is -1.49. The van der Waals surface area contributed by atoms with Crippen molar-refractivity contribution in [3.8, 4) is 0 Å². The summed E-state index contributed by atoms with van der Waals surface area (Å²) in [5.74, 6) is -2.27. The summed E-state index contributed by atoms with van der Waals surface area (Å²) in [6, 6.07) is 3.19. The van der Waals surface area contributed by atoms with Crippen LogP contribution < -0.4 is 5.32 Å². The first kappa shape index (κ1) is 11.0. The second-order valence-corrected chi connectivity index (χ2v) is 3.94. The number of benzene rings is 1. The van der Waals surface area contributed by atoms with Crippen molar-refractivity contribution in [1.82, 2.24) is 5.32 Å². The van der Waals surface area contributed by atoms with Crippen LogP contribution in [0.1, 0.15) is 18.4 Å². The van der Waals surface area contributed by atoms with Crippen LogP contribution in [-0.4, -0.2) is 17.6 Å². The van der Waals surface area contributed by atoms with Gasteiger partial charge in [0.1, 0.15) is 5.60 Å². The first-order valence-corrected chi connectivity index (χ1v) is 4.96. The number of aliphatic hydroxyl groups is 1. The summed E-state index contributed by atoms with van der Waals surface area (Å²) >= 11 is 0. The third kappa shape index (κ3) is 1.90. The van der Waals surface area contributed by atoms with E-state index in [2.05, 4.69) is 5.32 Å². The van der Waals surface area contributed by atoms with E-state index >= 15 is 0 Å². The molecule has 1 aromatic rings. The zero-order valence-electron chi connectivity index (χ0n) is 8.46.